The molecule has 2 fully saturated rings. The zero-order valence-electron chi connectivity index (χ0n) is 12.7. The fraction of sp³-hybridized carbons (Fsp3) is 0.625. The van der Waals surface area contributed by atoms with E-state index in [4.69, 9.17) is 5.73 Å². The molecule has 2 atom stereocenters. The van der Waals surface area contributed by atoms with Gasteiger partial charge in [0.1, 0.15) is 0 Å². The van der Waals surface area contributed by atoms with Gasteiger partial charge in [0.2, 0.25) is 5.91 Å². The molecular formula is C16H24N4O. The largest absolute Gasteiger partial charge is 0.397 e. The molecule has 5 nitrogen and oxygen atoms in total. The minimum Gasteiger partial charge on any atom is -0.397 e. The summed E-state index contributed by atoms with van der Waals surface area (Å²) in [6.45, 7) is 5.22. The highest BCUT2D eigenvalue weighted by molar-refractivity contribution is 5.79. The molecule has 1 amide bonds. The quantitative estimate of drug-likeness (QED) is 0.891. The summed E-state index contributed by atoms with van der Waals surface area (Å²) in [6.07, 6.45) is 5.79. The Morgan fingerprint density at radius 2 is 2.24 bits per heavy atom. The van der Waals surface area contributed by atoms with Gasteiger partial charge in [-0.05, 0) is 38.4 Å². The number of nitrogens with two attached hydrogens (primary N) is 1. The number of aromatic nitrogens is 1. The molecule has 114 valence electrons. The lowest BCUT2D eigenvalue weighted by molar-refractivity contribution is -0.137. The Labute approximate surface area is 126 Å². The maximum atomic E-state index is 12.6. The monoisotopic (exact) mass is 288 g/mol. The second-order valence-electron chi connectivity index (χ2n) is 6.30. The van der Waals surface area contributed by atoms with Gasteiger partial charge >= 0.3 is 0 Å². The Morgan fingerprint density at radius 3 is 3.00 bits per heavy atom. The molecule has 3 rings (SSSR count). The maximum absolute atomic E-state index is 12.6. The predicted octanol–water partition coefficient (Wildman–Crippen LogP) is 1.29. The molecule has 3 heterocycles. The smallest absolute Gasteiger partial charge is 0.228 e. The molecule has 2 aliphatic heterocycles. The van der Waals surface area contributed by atoms with Crippen LogP contribution in [0.2, 0.25) is 0 Å². The number of anilines is 1. The van der Waals surface area contributed by atoms with Crippen molar-refractivity contribution in [3.8, 4) is 0 Å². The number of amides is 1. The fourth-order valence-corrected chi connectivity index (χ4v) is 3.50. The summed E-state index contributed by atoms with van der Waals surface area (Å²) in [5.74, 6) is 0.185. The number of pyridine rings is 1. The second-order valence-corrected chi connectivity index (χ2v) is 6.30. The van der Waals surface area contributed by atoms with Crippen LogP contribution in [-0.4, -0.2) is 52.4 Å². The van der Waals surface area contributed by atoms with E-state index in [0.29, 0.717) is 24.2 Å². The van der Waals surface area contributed by atoms with E-state index < -0.39 is 0 Å². The molecule has 0 aromatic carbocycles. The Balaban J connectivity index is 1.64. The molecule has 0 radical (unpaired) electrons. The number of hydrogen-bond acceptors (Lipinski definition) is 4. The van der Waals surface area contributed by atoms with Crippen LogP contribution in [0, 0.1) is 0 Å². The van der Waals surface area contributed by atoms with Crippen molar-refractivity contribution in [1.29, 1.82) is 0 Å². The van der Waals surface area contributed by atoms with E-state index in [1.165, 1.54) is 25.8 Å². The number of carbonyl (C=O) groups excluding carboxylic acids is 1. The molecule has 0 bridgehead atoms. The summed E-state index contributed by atoms with van der Waals surface area (Å²) >= 11 is 0. The van der Waals surface area contributed by atoms with Crippen molar-refractivity contribution in [2.45, 2.75) is 44.7 Å². The number of rotatable bonds is 2. The molecule has 1 aromatic rings. The van der Waals surface area contributed by atoms with Crippen molar-refractivity contribution in [1.82, 2.24) is 14.8 Å². The molecule has 0 aliphatic carbocycles. The molecule has 21 heavy (non-hydrogen) atoms. The van der Waals surface area contributed by atoms with E-state index in [1.54, 1.807) is 12.3 Å². The van der Waals surface area contributed by atoms with E-state index in [0.717, 1.165) is 18.8 Å². The molecule has 5 heteroatoms. The lowest BCUT2D eigenvalue weighted by Crippen LogP contribution is -2.60. The van der Waals surface area contributed by atoms with Gasteiger partial charge in [0.25, 0.3) is 0 Å². The third kappa shape index (κ3) is 3.18. The number of fused-ring (bicyclic) bond motifs is 1. The van der Waals surface area contributed by atoms with Gasteiger partial charge in [0.15, 0.2) is 0 Å². The van der Waals surface area contributed by atoms with E-state index in [-0.39, 0.29) is 5.91 Å². The number of nitrogen functional groups attached to an aromatic ring is 1. The van der Waals surface area contributed by atoms with Gasteiger partial charge in [0.05, 0.1) is 18.3 Å². The number of carbonyl (C=O) groups is 1. The van der Waals surface area contributed by atoms with Crippen molar-refractivity contribution >= 4 is 11.6 Å². The summed E-state index contributed by atoms with van der Waals surface area (Å²) in [5.41, 5.74) is 7.07. The van der Waals surface area contributed by atoms with Crippen LogP contribution in [0.4, 0.5) is 5.69 Å². The minimum atomic E-state index is 0.185. The van der Waals surface area contributed by atoms with Crippen LogP contribution < -0.4 is 5.73 Å². The third-order valence-electron chi connectivity index (χ3n) is 4.69. The Morgan fingerprint density at radius 1 is 1.38 bits per heavy atom. The number of piperazine rings is 1. The van der Waals surface area contributed by atoms with E-state index in [2.05, 4.69) is 16.8 Å². The van der Waals surface area contributed by atoms with E-state index in [9.17, 15) is 4.79 Å². The highest BCUT2D eigenvalue weighted by Gasteiger charge is 2.35. The summed E-state index contributed by atoms with van der Waals surface area (Å²) in [6, 6.07) is 4.49. The first-order valence-corrected chi connectivity index (χ1v) is 7.87. The van der Waals surface area contributed by atoms with Gasteiger partial charge in [-0.1, -0.05) is 6.42 Å². The van der Waals surface area contributed by atoms with Gasteiger partial charge < -0.3 is 10.6 Å². The number of nitrogens with zero attached hydrogens (tertiary/aromatic N) is 3. The van der Waals surface area contributed by atoms with Gasteiger partial charge in [-0.3, -0.25) is 14.7 Å². The molecule has 2 saturated heterocycles. The van der Waals surface area contributed by atoms with Gasteiger partial charge in [-0.2, -0.15) is 0 Å². The zero-order chi connectivity index (χ0) is 14.8. The second kappa shape index (κ2) is 6.02. The fourth-order valence-electron chi connectivity index (χ4n) is 3.50. The van der Waals surface area contributed by atoms with Crippen LogP contribution in [0.25, 0.3) is 0 Å². The highest BCUT2D eigenvalue weighted by Crippen LogP contribution is 2.24. The van der Waals surface area contributed by atoms with E-state index >= 15 is 0 Å². The van der Waals surface area contributed by atoms with Crippen LogP contribution >= 0.6 is 0 Å². The van der Waals surface area contributed by atoms with Crippen LogP contribution in [0.1, 0.15) is 31.9 Å². The Kier molecular flexibility index (Phi) is 4.10. The molecule has 0 saturated carbocycles. The maximum Gasteiger partial charge on any atom is 0.228 e. The summed E-state index contributed by atoms with van der Waals surface area (Å²) in [7, 11) is 0. The molecule has 0 spiro atoms. The third-order valence-corrected chi connectivity index (χ3v) is 4.69. The Hall–Kier alpha value is -1.62. The van der Waals surface area contributed by atoms with Crippen LogP contribution in [0.15, 0.2) is 18.3 Å². The lowest BCUT2D eigenvalue weighted by atomic mass is 9.97. The standard InChI is InChI=1S/C16H24N4O/c1-12-10-19-7-3-2-4-15(19)11-20(12)16(21)8-14-6-5-13(17)9-18-14/h5-6,9,12,15H,2-4,7-8,10-11,17H2,1H3. The molecule has 2 N–H and O–H groups in total. The number of piperidine rings is 1. The molecular weight excluding hydrogens is 264 g/mol. The summed E-state index contributed by atoms with van der Waals surface area (Å²) in [5, 5.41) is 0. The Bertz CT molecular complexity index is 502. The molecule has 2 aliphatic rings. The SMILES string of the molecule is CC1CN2CCCCC2CN1C(=O)Cc1ccc(N)cn1. The minimum absolute atomic E-state index is 0.185. The first kappa shape index (κ1) is 14.3. The normalized spacial score (nSPS) is 26.4. The van der Waals surface area contributed by atoms with Crippen LogP contribution in [0.5, 0.6) is 0 Å². The van der Waals surface area contributed by atoms with Crippen molar-refractivity contribution in [3.63, 3.8) is 0 Å². The average Bonchev–Trinajstić information content (AvgIpc) is 2.49. The topological polar surface area (TPSA) is 62.5 Å². The predicted molar refractivity (Wildman–Crippen MR) is 82.7 cm³/mol. The average molecular weight is 288 g/mol. The lowest BCUT2D eigenvalue weighted by Gasteiger charge is -2.47. The first-order chi connectivity index (χ1) is 10.1. The highest BCUT2D eigenvalue weighted by atomic mass is 16.2. The zero-order valence-corrected chi connectivity index (χ0v) is 12.7. The van der Waals surface area contributed by atoms with Crippen molar-refractivity contribution in [2.75, 3.05) is 25.4 Å². The summed E-state index contributed by atoms with van der Waals surface area (Å²) < 4.78 is 0. The van der Waals surface area contributed by atoms with Crippen molar-refractivity contribution in [2.24, 2.45) is 0 Å². The first-order valence-electron chi connectivity index (χ1n) is 7.87. The van der Waals surface area contributed by atoms with E-state index in [1.807, 2.05) is 11.0 Å². The van der Waals surface area contributed by atoms with Crippen molar-refractivity contribution < 1.29 is 4.79 Å². The molecule has 2 unspecified atom stereocenters. The number of hydrogen-bond donors (Lipinski definition) is 1. The van der Waals surface area contributed by atoms with Gasteiger partial charge in [0, 0.05) is 30.9 Å². The molecule has 1 aromatic heterocycles. The van der Waals surface area contributed by atoms with Crippen LogP contribution in [0.3, 0.4) is 0 Å². The van der Waals surface area contributed by atoms with Gasteiger partial charge in [-0.25, -0.2) is 0 Å². The van der Waals surface area contributed by atoms with Crippen molar-refractivity contribution in [3.05, 3.63) is 24.0 Å². The van der Waals surface area contributed by atoms with Crippen LogP contribution in [-0.2, 0) is 11.2 Å². The van der Waals surface area contributed by atoms with Gasteiger partial charge in [-0.15, -0.1) is 0 Å². The summed E-state index contributed by atoms with van der Waals surface area (Å²) in [4.78, 5) is 21.4.